The highest BCUT2D eigenvalue weighted by Gasteiger charge is 2.30. The standard InChI is InChI=1S/C27H27ClFN3S/c28-24-8-9-25(27-21(24)2-1-11-30-27)32-14-12-31(13-15-32)20-6-3-18(4-7-20)23-17-33-26-10-5-19(29)16-22(23)26/h1-2,5,8-11,16-18,20H,3-4,6-7,12-15H2. The van der Waals surface area contributed by atoms with Crippen molar-refractivity contribution < 1.29 is 4.39 Å². The predicted molar refractivity (Wildman–Crippen MR) is 137 cm³/mol. The molecule has 0 atom stereocenters. The molecule has 2 aliphatic rings. The van der Waals surface area contributed by atoms with Gasteiger partial charge in [-0.05, 0) is 90.4 Å². The van der Waals surface area contributed by atoms with E-state index in [9.17, 15) is 4.39 Å². The van der Waals surface area contributed by atoms with Crippen LogP contribution in [0.25, 0.3) is 21.0 Å². The third-order valence-electron chi connectivity index (χ3n) is 7.57. The Balaban J connectivity index is 1.10. The Hall–Kier alpha value is -2.21. The Morgan fingerprint density at radius 3 is 2.58 bits per heavy atom. The van der Waals surface area contributed by atoms with Gasteiger partial charge in [0, 0.05) is 48.5 Å². The smallest absolute Gasteiger partial charge is 0.123 e. The number of anilines is 1. The first-order chi connectivity index (χ1) is 16.2. The zero-order valence-electron chi connectivity index (χ0n) is 18.5. The second kappa shape index (κ2) is 8.86. The molecular weight excluding hydrogens is 453 g/mol. The lowest BCUT2D eigenvalue weighted by Crippen LogP contribution is -2.51. The number of piperazine rings is 1. The molecule has 2 fully saturated rings. The average Bonchev–Trinajstić information content (AvgIpc) is 3.28. The van der Waals surface area contributed by atoms with Gasteiger partial charge in [0.05, 0.1) is 16.2 Å². The summed E-state index contributed by atoms with van der Waals surface area (Å²) in [6.45, 7) is 4.20. The highest BCUT2D eigenvalue weighted by Crippen LogP contribution is 2.41. The van der Waals surface area contributed by atoms with Crippen LogP contribution in [-0.4, -0.2) is 42.1 Å². The van der Waals surface area contributed by atoms with E-state index < -0.39 is 0 Å². The van der Waals surface area contributed by atoms with Gasteiger partial charge < -0.3 is 4.90 Å². The van der Waals surface area contributed by atoms with Crippen molar-refractivity contribution in [1.29, 1.82) is 0 Å². The summed E-state index contributed by atoms with van der Waals surface area (Å²) in [4.78, 5) is 9.77. The summed E-state index contributed by atoms with van der Waals surface area (Å²) in [7, 11) is 0. The highest BCUT2D eigenvalue weighted by molar-refractivity contribution is 7.17. The molecule has 0 bridgehead atoms. The van der Waals surface area contributed by atoms with Crippen molar-refractivity contribution >= 4 is 49.6 Å². The summed E-state index contributed by atoms with van der Waals surface area (Å²) in [5.74, 6) is 0.432. The van der Waals surface area contributed by atoms with Gasteiger partial charge in [-0.25, -0.2) is 4.39 Å². The van der Waals surface area contributed by atoms with Crippen LogP contribution in [0.5, 0.6) is 0 Å². The van der Waals surface area contributed by atoms with Crippen LogP contribution >= 0.6 is 22.9 Å². The number of nitrogens with zero attached hydrogens (tertiary/aromatic N) is 3. The molecule has 6 rings (SSSR count). The van der Waals surface area contributed by atoms with Gasteiger partial charge in [-0.15, -0.1) is 11.3 Å². The SMILES string of the molecule is Fc1ccc2scc(C3CCC(N4CCN(c5ccc(Cl)c6cccnc56)CC4)CC3)c2c1. The summed E-state index contributed by atoms with van der Waals surface area (Å²) in [5, 5.41) is 5.18. The number of hydrogen-bond acceptors (Lipinski definition) is 4. The number of halogens is 2. The van der Waals surface area contributed by atoms with Crippen LogP contribution in [0.15, 0.2) is 54.0 Å². The molecule has 33 heavy (non-hydrogen) atoms. The molecule has 3 nitrogen and oxygen atoms in total. The van der Waals surface area contributed by atoms with Gasteiger partial charge in [0.1, 0.15) is 5.82 Å². The number of thiophene rings is 1. The van der Waals surface area contributed by atoms with Crippen LogP contribution in [0.3, 0.4) is 0 Å². The number of benzene rings is 2. The second-order valence-corrected chi connectivity index (χ2v) is 10.6. The fourth-order valence-electron chi connectivity index (χ4n) is 5.80. The van der Waals surface area contributed by atoms with Crippen LogP contribution < -0.4 is 4.90 Å². The Morgan fingerprint density at radius 1 is 0.939 bits per heavy atom. The van der Waals surface area contributed by atoms with E-state index in [2.05, 4.69) is 26.2 Å². The number of hydrogen-bond donors (Lipinski definition) is 0. The summed E-state index contributed by atoms with van der Waals surface area (Å²) in [6.07, 6.45) is 6.69. The molecule has 170 valence electrons. The van der Waals surface area contributed by atoms with Crippen molar-refractivity contribution in [3.8, 4) is 0 Å². The lowest BCUT2D eigenvalue weighted by Gasteiger charge is -2.42. The number of rotatable bonds is 3. The third kappa shape index (κ3) is 4.01. The first-order valence-electron chi connectivity index (χ1n) is 11.9. The minimum absolute atomic E-state index is 0.127. The van der Waals surface area contributed by atoms with E-state index in [4.69, 9.17) is 11.6 Å². The zero-order valence-corrected chi connectivity index (χ0v) is 20.1. The molecule has 0 amide bonds. The molecule has 1 saturated heterocycles. The summed E-state index contributed by atoms with van der Waals surface area (Å²) in [5.41, 5.74) is 3.55. The summed E-state index contributed by atoms with van der Waals surface area (Å²) < 4.78 is 15.0. The molecule has 6 heteroatoms. The van der Waals surface area contributed by atoms with E-state index in [1.807, 2.05) is 30.5 Å². The topological polar surface area (TPSA) is 19.4 Å². The van der Waals surface area contributed by atoms with Crippen molar-refractivity contribution in [3.05, 3.63) is 70.4 Å². The van der Waals surface area contributed by atoms with Gasteiger partial charge in [0.25, 0.3) is 0 Å². The fourth-order valence-corrected chi connectivity index (χ4v) is 7.03. The minimum Gasteiger partial charge on any atom is -0.367 e. The fraction of sp³-hybridized carbons (Fsp3) is 0.370. The number of pyridine rings is 1. The van der Waals surface area contributed by atoms with E-state index in [0.717, 1.165) is 47.5 Å². The van der Waals surface area contributed by atoms with Gasteiger partial charge in [-0.3, -0.25) is 9.88 Å². The van der Waals surface area contributed by atoms with E-state index in [-0.39, 0.29) is 5.82 Å². The van der Waals surface area contributed by atoms with Crippen molar-refractivity contribution in [3.63, 3.8) is 0 Å². The Kier molecular flexibility index (Phi) is 5.73. The first kappa shape index (κ1) is 21.3. The molecule has 3 heterocycles. The largest absolute Gasteiger partial charge is 0.367 e. The Labute approximate surface area is 202 Å². The molecule has 0 spiro atoms. The van der Waals surface area contributed by atoms with E-state index in [1.54, 1.807) is 23.5 Å². The summed E-state index contributed by atoms with van der Waals surface area (Å²) in [6, 6.07) is 14.0. The summed E-state index contributed by atoms with van der Waals surface area (Å²) >= 11 is 8.15. The predicted octanol–water partition coefficient (Wildman–Crippen LogP) is 7.09. The quantitative estimate of drug-likeness (QED) is 0.312. The van der Waals surface area contributed by atoms with Crippen molar-refractivity contribution in [2.45, 2.75) is 37.6 Å². The van der Waals surface area contributed by atoms with Crippen molar-refractivity contribution in [1.82, 2.24) is 9.88 Å². The molecule has 1 aliphatic heterocycles. The maximum atomic E-state index is 13.8. The van der Waals surface area contributed by atoms with Gasteiger partial charge in [-0.2, -0.15) is 0 Å². The van der Waals surface area contributed by atoms with Crippen LogP contribution in [0.2, 0.25) is 5.02 Å². The second-order valence-electron chi connectivity index (χ2n) is 9.33. The first-order valence-corrected chi connectivity index (χ1v) is 13.1. The zero-order chi connectivity index (χ0) is 22.4. The highest BCUT2D eigenvalue weighted by atomic mass is 35.5. The van der Waals surface area contributed by atoms with Gasteiger partial charge in [0.15, 0.2) is 0 Å². The molecule has 4 aromatic rings. The molecule has 2 aromatic heterocycles. The molecular formula is C27H27ClFN3S. The molecule has 0 radical (unpaired) electrons. The number of aromatic nitrogens is 1. The van der Waals surface area contributed by atoms with Crippen LogP contribution in [0, 0.1) is 5.82 Å². The van der Waals surface area contributed by atoms with Gasteiger partial charge in [0.2, 0.25) is 0 Å². The molecule has 0 N–H and O–H groups in total. The Bertz CT molecular complexity index is 1290. The molecule has 1 saturated carbocycles. The van der Waals surface area contributed by atoms with Crippen LogP contribution in [0.1, 0.15) is 37.2 Å². The van der Waals surface area contributed by atoms with E-state index in [1.165, 1.54) is 41.6 Å². The molecule has 1 aliphatic carbocycles. The lowest BCUT2D eigenvalue weighted by molar-refractivity contribution is 0.141. The van der Waals surface area contributed by atoms with Crippen molar-refractivity contribution in [2.75, 3.05) is 31.1 Å². The maximum Gasteiger partial charge on any atom is 0.123 e. The molecule has 2 aromatic carbocycles. The average molecular weight is 480 g/mol. The van der Waals surface area contributed by atoms with Crippen LogP contribution in [-0.2, 0) is 0 Å². The maximum absolute atomic E-state index is 13.8. The lowest BCUT2D eigenvalue weighted by atomic mass is 9.81. The van der Waals surface area contributed by atoms with Gasteiger partial charge in [-0.1, -0.05) is 11.6 Å². The monoisotopic (exact) mass is 479 g/mol. The van der Waals surface area contributed by atoms with E-state index >= 15 is 0 Å². The third-order valence-corrected chi connectivity index (χ3v) is 8.88. The Morgan fingerprint density at radius 2 is 1.76 bits per heavy atom. The molecule has 0 unspecified atom stereocenters. The van der Waals surface area contributed by atoms with E-state index in [0.29, 0.717) is 12.0 Å². The minimum atomic E-state index is -0.127. The van der Waals surface area contributed by atoms with Crippen molar-refractivity contribution in [2.24, 2.45) is 0 Å². The normalized spacial score (nSPS) is 22.3. The number of fused-ring (bicyclic) bond motifs is 2. The van der Waals surface area contributed by atoms with Gasteiger partial charge >= 0.3 is 0 Å². The van der Waals surface area contributed by atoms with Crippen LogP contribution in [0.4, 0.5) is 10.1 Å².